The minimum Gasteiger partial charge on any atom is -0.399 e. The smallest absolute Gasteiger partial charge is 0.137 e. The lowest BCUT2D eigenvalue weighted by molar-refractivity contribution is 0.590. The van der Waals surface area contributed by atoms with Crippen LogP contribution in [0.15, 0.2) is 30.5 Å². The molecular formula is C10H8F2N2. The maximum atomic E-state index is 13.3. The van der Waals surface area contributed by atoms with E-state index in [1.807, 2.05) is 0 Å². The normalized spacial score (nSPS) is 10.4. The summed E-state index contributed by atoms with van der Waals surface area (Å²) < 4.78 is 26.7. The summed E-state index contributed by atoms with van der Waals surface area (Å²) in [5, 5.41) is 0. The Labute approximate surface area is 79.4 Å². The molecule has 1 aromatic carbocycles. The number of rotatable bonds is 1. The Morgan fingerprint density at radius 1 is 1.14 bits per heavy atom. The Hall–Kier alpha value is -1.84. The van der Waals surface area contributed by atoms with E-state index in [9.17, 15) is 8.78 Å². The van der Waals surface area contributed by atoms with Crippen LogP contribution in [0.5, 0.6) is 0 Å². The zero-order valence-electron chi connectivity index (χ0n) is 7.22. The first kappa shape index (κ1) is 8.74. The fourth-order valence-corrected chi connectivity index (χ4v) is 1.34. The summed E-state index contributed by atoms with van der Waals surface area (Å²) in [6.45, 7) is 0. The number of nitrogens with one attached hydrogen (secondary N) is 1. The average molecular weight is 194 g/mol. The zero-order chi connectivity index (χ0) is 10.1. The highest BCUT2D eigenvalue weighted by Crippen LogP contribution is 2.26. The van der Waals surface area contributed by atoms with Crippen LogP contribution in [0.3, 0.4) is 0 Å². The van der Waals surface area contributed by atoms with Gasteiger partial charge in [-0.25, -0.2) is 8.78 Å². The van der Waals surface area contributed by atoms with Crippen molar-refractivity contribution in [2.24, 2.45) is 0 Å². The number of halogens is 2. The number of aromatic nitrogens is 1. The van der Waals surface area contributed by atoms with E-state index >= 15 is 0 Å². The van der Waals surface area contributed by atoms with Crippen LogP contribution in [0, 0.1) is 11.6 Å². The first-order valence-corrected chi connectivity index (χ1v) is 4.07. The minimum absolute atomic E-state index is 0.0790. The van der Waals surface area contributed by atoms with Crippen LogP contribution in [-0.2, 0) is 0 Å². The van der Waals surface area contributed by atoms with E-state index in [0.29, 0.717) is 5.69 Å². The quantitative estimate of drug-likeness (QED) is 0.673. The second kappa shape index (κ2) is 3.14. The topological polar surface area (TPSA) is 41.8 Å². The van der Waals surface area contributed by atoms with Gasteiger partial charge < -0.3 is 10.7 Å². The summed E-state index contributed by atoms with van der Waals surface area (Å²) in [7, 11) is 0. The molecule has 0 atom stereocenters. The molecule has 0 radical (unpaired) electrons. The number of nitrogen functional groups attached to an aromatic ring is 1. The van der Waals surface area contributed by atoms with Crippen molar-refractivity contribution in [3.05, 3.63) is 42.1 Å². The molecule has 1 aromatic heterocycles. The molecule has 0 saturated carbocycles. The molecule has 0 aliphatic carbocycles. The van der Waals surface area contributed by atoms with E-state index in [1.165, 1.54) is 0 Å². The predicted octanol–water partition coefficient (Wildman–Crippen LogP) is 2.54. The first-order valence-electron chi connectivity index (χ1n) is 4.07. The lowest BCUT2D eigenvalue weighted by atomic mass is 10.1. The van der Waals surface area contributed by atoms with Crippen LogP contribution in [-0.4, -0.2) is 4.98 Å². The van der Waals surface area contributed by atoms with Crippen molar-refractivity contribution in [3.63, 3.8) is 0 Å². The lowest BCUT2D eigenvalue weighted by Crippen LogP contribution is -1.94. The number of benzene rings is 1. The van der Waals surface area contributed by atoms with Crippen LogP contribution < -0.4 is 5.73 Å². The Kier molecular flexibility index (Phi) is 1.96. The van der Waals surface area contributed by atoms with Gasteiger partial charge in [0.2, 0.25) is 0 Å². The summed E-state index contributed by atoms with van der Waals surface area (Å²) in [4.78, 5) is 2.73. The SMILES string of the molecule is Nc1cc(F)c(-c2ccc[nH]2)c(F)c1. The predicted molar refractivity (Wildman–Crippen MR) is 50.6 cm³/mol. The fourth-order valence-electron chi connectivity index (χ4n) is 1.34. The third-order valence-corrected chi connectivity index (χ3v) is 1.93. The summed E-state index contributed by atoms with van der Waals surface area (Å²) in [6, 6.07) is 5.46. The molecule has 14 heavy (non-hydrogen) atoms. The molecule has 0 bridgehead atoms. The van der Waals surface area contributed by atoms with Crippen LogP contribution in [0.4, 0.5) is 14.5 Å². The molecule has 0 saturated heterocycles. The number of hydrogen-bond donors (Lipinski definition) is 2. The molecule has 72 valence electrons. The van der Waals surface area contributed by atoms with Gasteiger partial charge in [0.25, 0.3) is 0 Å². The molecule has 4 heteroatoms. The average Bonchev–Trinajstić information content (AvgIpc) is 2.54. The van der Waals surface area contributed by atoms with E-state index in [1.54, 1.807) is 18.3 Å². The van der Waals surface area contributed by atoms with Crippen molar-refractivity contribution in [2.75, 3.05) is 5.73 Å². The van der Waals surface area contributed by atoms with Gasteiger partial charge in [0, 0.05) is 11.9 Å². The Morgan fingerprint density at radius 2 is 1.79 bits per heavy atom. The van der Waals surface area contributed by atoms with E-state index in [4.69, 9.17) is 5.73 Å². The summed E-state index contributed by atoms with van der Waals surface area (Å²) >= 11 is 0. The summed E-state index contributed by atoms with van der Waals surface area (Å²) in [5.41, 5.74) is 5.69. The molecular weight excluding hydrogens is 186 g/mol. The minimum atomic E-state index is -0.662. The van der Waals surface area contributed by atoms with Gasteiger partial charge in [0.1, 0.15) is 11.6 Å². The number of H-pyrrole nitrogens is 1. The van der Waals surface area contributed by atoms with E-state index < -0.39 is 11.6 Å². The largest absolute Gasteiger partial charge is 0.399 e. The second-order valence-corrected chi connectivity index (χ2v) is 2.94. The Balaban J connectivity index is 2.64. The van der Waals surface area contributed by atoms with Crippen LogP contribution in [0.25, 0.3) is 11.3 Å². The van der Waals surface area contributed by atoms with Gasteiger partial charge in [-0.15, -0.1) is 0 Å². The highest BCUT2D eigenvalue weighted by molar-refractivity contribution is 5.63. The van der Waals surface area contributed by atoms with Gasteiger partial charge in [0.05, 0.1) is 11.3 Å². The summed E-state index contributed by atoms with van der Waals surface area (Å²) in [5.74, 6) is -1.32. The molecule has 2 nitrogen and oxygen atoms in total. The van der Waals surface area contributed by atoms with Crippen molar-refractivity contribution < 1.29 is 8.78 Å². The van der Waals surface area contributed by atoms with E-state index in [0.717, 1.165) is 12.1 Å². The number of hydrogen-bond acceptors (Lipinski definition) is 1. The Bertz CT molecular complexity index is 426. The highest BCUT2D eigenvalue weighted by atomic mass is 19.1. The van der Waals surface area contributed by atoms with Crippen molar-refractivity contribution in [2.45, 2.75) is 0 Å². The maximum Gasteiger partial charge on any atom is 0.137 e. The lowest BCUT2D eigenvalue weighted by Gasteiger charge is -2.03. The molecule has 1 heterocycles. The first-order chi connectivity index (χ1) is 6.68. The molecule has 3 N–H and O–H groups in total. The van der Waals surface area contributed by atoms with Gasteiger partial charge >= 0.3 is 0 Å². The monoisotopic (exact) mass is 194 g/mol. The molecule has 0 amide bonds. The van der Waals surface area contributed by atoms with Crippen LogP contribution in [0.1, 0.15) is 0 Å². The van der Waals surface area contributed by atoms with Gasteiger partial charge in [0.15, 0.2) is 0 Å². The van der Waals surface area contributed by atoms with Crippen LogP contribution >= 0.6 is 0 Å². The molecule has 0 unspecified atom stereocenters. The number of aromatic amines is 1. The molecule has 0 aliphatic rings. The molecule has 2 rings (SSSR count). The maximum absolute atomic E-state index is 13.3. The highest BCUT2D eigenvalue weighted by Gasteiger charge is 2.12. The van der Waals surface area contributed by atoms with Gasteiger partial charge in [-0.2, -0.15) is 0 Å². The zero-order valence-corrected chi connectivity index (χ0v) is 7.22. The van der Waals surface area contributed by atoms with Crippen molar-refractivity contribution in [1.29, 1.82) is 0 Å². The molecule has 0 spiro atoms. The standard InChI is InChI=1S/C10H8F2N2/c11-7-4-6(13)5-8(12)10(7)9-2-1-3-14-9/h1-5,14H,13H2. The third-order valence-electron chi connectivity index (χ3n) is 1.93. The van der Waals surface area contributed by atoms with Gasteiger partial charge in [-0.05, 0) is 24.3 Å². The van der Waals surface area contributed by atoms with Gasteiger partial charge in [-0.3, -0.25) is 0 Å². The Morgan fingerprint density at radius 3 is 2.29 bits per heavy atom. The summed E-state index contributed by atoms with van der Waals surface area (Å²) in [6.07, 6.45) is 1.60. The van der Waals surface area contributed by atoms with Crippen LogP contribution in [0.2, 0.25) is 0 Å². The van der Waals surface area contributed by atoms with Crippen molar-refractivity contribution >= 4 is 5.69 Å². The third kappa shape index (κ3) is 1.35. The molecule has 2 aromatic rings. The molecule has 0 aliphatic heterocycles. The van der Waals surface area contributed by atoms with E-state index in [2.05, 4.69) is 4.98 Å². The second-order valence-electron chi connectivity index (χ2n) is 2.94. The van der Waals surface area contributed by atoms with Gasteiger partial charge in [-0.1, -0.05) is 0 Å². The number of nitrogens with two attached hydrogens (primary N) is 1. The van der Waals surface area contributed by atoms with E-state index in [-0.39, 0.29) is 11.3 Å². The van der Waals surface area contributed by atoms with Crippen molar-refractivity contribution in [1.82, 2.24) is 4.98 Å². The molecule has 0 fully saturated rings. The number of anilines is 1. The fraction of sp³-hybridized carbons (Fsp3) is 0. The van der Waals surface area contributed by atoms with Crippen molar-refractivity contribution in [3.8, 4) is 11.3 Å².